The van der Waals surface area contributed by atoms with Crippen LogP contribution in [0.2, 0.25) is 0 Å². The lowest BCUT2D eigenvalue weighted by Gasteiger charge is -2.14. The molecule has 0 spiro atoms. The summed E-state index contributed by atoms with van der Waals surface area (Å²) in [7, 11) is 0. The Labute approximate surface area is 114 Å². The second-order valence-electron chi connectivity index (χ2n) is 4.07. The van der Waals surface area contributed by atoms with Crippen molar-refractivity contribution in [2.45, 2.75) is 19.2 Å². The second kappa shape index (κ2) is 7.25. The van der Waals surface area contributed by atoms with Crippen molar-refractivity contribution >= 4 is 5.97 Å². The van der Waals surface area contributed by atoms with Gasteiger partial charge in [0, 0.05) is 6.54 Å². The number of rotatable bonds is 6. The van der Waals surface area contributed by atoms with Crippen LogP contribution in [-0.2, 0) is 15.7 Å². The van der Waals surface area contributed by atoms with Crippen molar-refractivity contribution in [1.29, 1.82) is 0 Å². The number of benzene rings is 1. The van der Waals surface area contributed by atoms with E-state index in [0.29, 0.717) is 0 Å². The predicted octanol–water partition coefficient (Wildman–Crippen LogP) is 1.89. The molecular weight excluding hydrogens is 275 g/mol. The summed E-state index contributed by atoms with van der Waals surface area (Å²) < 4.78 is 42.2. The highest BCUT2D eigenvalue weighted by Crippen LogP contribution is 2.30. The molecule has 4 nitrogen and oxygen atoms in total. The lowest BCUT2D eigenvalue weighted by atomic mass is 10.1. The third-order valence-corrected chi connectivity index (χ3v) is 2.51. The molecule has 1 aromatic carbocycles. The number of carbonyl (C=O) groups excluding carboxylic acids is 1. The average molecular weight is 291 g/mol. The Balaban J connectivity index is 2.55. The third-order valence-electron chi connectivity index (χ3n) is 2.51. The summed E-state index contributed by atoms with van der Waals surface area (Å²) in [5.41, 5.74) is -0.685. The molecule has 0 radical (unpaired) electrons. The molecule has 0 saturated heterocycles. The summed E-state index contributed by atoms with van der Waals surface area (Å²) >= 11 is 0. The number of nitrogens with one attached hydrogen (secondary N) is 1. The summed E-state index contributed by atoms with van der Waals surface area (Å²) in [5.74, 6) is -0.483. The van der Waals surface area contributed by atoms with E-state index in [9.17, 15) is 23.1 Å². The number of ether oxygens (including phenoxy) is 1. The van der Waals surface area contributed by atoms with Crippen molar-refractivity contribution in [3.63, 3.8) is 0 Å². The van der Waals surface area contributed by atoms with Gasteiger partial charge < -0.3 is 15.2 Å². The molecule has 0 aliphatic carbocycles. The van der Waals surface area contributed by atoms with Gasteiger partial charge in [-0.15, -0.1) is 0 Å². The Morgan fingerprint density at radius 2 is 2.15 bits per heavy atom. The van der Waals surface area contributed by atoms with Gasteiger partial charge in [0.15, 0.2) is 0 Å². The molecule has 7 heteroatoms. The maximum atomic E-state index is 12.5. The van der Waals surface area contributed by atoms with Crippen molar-refractivity contribution < 1.29 is 27.8 Å². The molecule has 1 atom stereocenters. The number of hydrogen-bond donors (Lipinski definition) is 2. The zero-order valence-electron chi connectivity index (χ0n) is 10.9. The molecule has 1 aromatic rings. The number of carbonyl (C=O) groups is 1. The molecule has 0 saturated carbocycles. The zero-order chi connectivity index (χ0) is 15.2. The standard InChI is InChI=1S/C13H16F3NO3/c1-2-20-12(19)8-17-7-11(18)9-4-3-5-10(6-9)13(14,15)16/h3-6,11,17-18H,2,7-8H2,1H3. The van der Waals surface area contributed by atoms with Crippen LogP contribution in [0, 0.1) is 0 Å². The molecule has 0 amide bonds. The van der Waals surface area contributed by atoms with Crippen LogP contribution >= 0.6 is 0 Å². The van der Waals surface area contributed by atoms with Gasteiger partial charge >= 0.3 is 12.1 Å². The van der Waals surface area contributed by atoms with Crippen LogP contribution in [0.4, 0.5) is 13.2 Å². The number of hydrogen-bond acceptors (Lipinski definition) is 4. The minimum absolute atomic E-state index is 0.0415. The fraction of sp³-hybridized carbons (Fsp3) is 0.462. The molecule has 1 unspecified atom stereocenters. The Kier molecular flexibility index (Phi) is 5.97. The van der Waals surface area contributed by atoms with E-state index in [1.54, 1.807) is 6.92 Å². The van der Waals surface area contributed by atoms with Crippen molar-refractivity contribution in [3.8, 4) is 0 Å². The van der Waals surface area contributed by atoms with Crippen LogP contribution in [0.25, 0.3) is 0 Å². The number of alkyl halides is 3. The Hall–Kier alpha value is -1.60. The Morgan fingerprint density at radius 3 is 2.75 bits per heavy atom. The molecule has 2 N–H and O–H groups in total. The Bertz CT molecular complexity index is 449. The van der Waals surface area contributed by atoms with Gasteiger partial charge in [0.05, 0.1) is 24.8 Å². The van der Waals surface area contributed by atoms with Crippen molar-refractivity contribution in [2.75, 3.05) is 19.7 Å². The van der Waals surface area contributed by atoms with Crippen molar-refractivity contribution in [1.82, 2.24) is 5.32 Å². The van der Waals surface area contributed by atoms with Crippen LogP contribution in [0.3, 0.4) is 0 Å². The van der Waals surface area contributed by atoms with Crippen molar-refractivity contribution in [3.05, 3.63) is 35.4 Å². The van der Waals surface area contributed by atoms with Gasteiger partial charge in [-0.25, -0.2) is 0 Å². The number of halogens is 3. The molecular formula is C13H16F3NO3. The molecule has 0 fully saturated rings. The molecule has 20 heavy (non-hydrogen) atoms. The molecule has 0 bridgehead atoms. The zero-order valence-corrected chi connectivity index (χ0v) is 10.9. The van der Waals surface area contributed by atoms with Gasteiger partial charge in [-0.3, -0.25) is 4.79 Å². The highest BCUT2D eigenvalue weighted by Gasteiger charge is 2.30. The summed E-state index contributed by atoms with van der Waals surface area (Å²) in [5, 5.41) is 12.4. The topological polar surface area (TPSA) is 58.6 Å². The van der Waals surface area contributed by atoms with Gasteiger partial charge in [0.2, 0.25) is 0 Å². The van der Waals surface area contributed by atoms with Gasteiger partial charge in [-0.2, -0.15) is 13.2 Å². The first-order valence-electron chi connectivity index (χ1n) is 6.06. The highest BCUT2D eigenvalue weighted by molar-refractivity contribution is 5.71. The predicted molar refractivity (Wildman–Crippen MR) is 65.9 cm³/mol. The van der Waals surface area contributed by atoms with E-state index in [1.165, 1.54) is 12.1 Å². The second-order valence-corrected chi connectivity index (χ2v) is 4.07. The molecule has 0 aliphatic heterocycles. The van der Waals surface area contributed by atoms with Gasteiger partial charge in [0.1, 0.15) is 0 Å². The Morgan fingerprint density at radius 1 is 1.45 bits per heavy atom. The van der Waals surface area contributed by atoms with E-state index in [1.807, 2.05) is 0 Å². The minimum atomic E-state index is -4.45. The molecule has 0 heterocycles. The van der Waals surface area contributed by atoms with Crippen molar-refractivity contribution in [2.24, 2.45) is 0 Å². The molecule has 0 aliphatic rings. The quantitative estimate of drug-likeness (QED) is 0.786. The van der Waals surface area contributed by atoms with E-state index in [2.05, 4.69) is 10.1 Å². The first-order chi connectivity index (χ1) is 9.34. The van der Waals surface area contributed by atoms with Crippen LogP contribution in [-0.4, -0.2) is 30.8 Å². The molecule has 112 valence electrons. The fourth-order valence-corrected chi connectivity index (χ4v) is 1.56. The summed E-state index contributed by atoms with van der Waals surface area (Å²) in [4.78, 5) is 11.0. The largest absolute Gasteiger partial charge is 0.465 e. The number of esters is 1. The normalized spacial score (nSPS) is 13.1. The van der Waals surface area contributed by atoms with Crippen LogP contribution in [0.1, 0.15) is 24.2 Å². The maximum Gasteiger partial charge on any atom is 0.416 e. The lowest BCUT2D eigenvalue weighted by molar-refractivity contribution is -0.142. The van der Waals surface area contributed by atoms with E-state index in [4.69, 9.17) is 0 Å². The highest BCUT2D eigenvalue weighted by atomic mass is 19.4. The van der Waals surface area contributed by atoms with E-state index in [-0.39, 0.29) is 25.3 Å². The monoisotopic (exact) mass is 291 g/mol. The summed E-state index contributed by atoms with van der Waals surface area (Å²) in [6.07, 6.45) is -5.58. The van der Waals surface area contributed by atoms with Gasteiger partial charge in [-0.1, -0.05) is 12.1 Å². The summed E-state index contributed by atoms with van der Waals surface area (Å²) in [6.45, 7) is 1.76. The van der Waals surface area contributed by atoms with E-state index >= 15 is 0 Å². The lowest BCUT2D eigenvalue weighted by Crippen LogP contribution is -2.28. The molecule has 1 rings (SSSR count). The third kappa shape index (κ3) is 5.18. The van der Waals surface area contributed by atoms with Gasteiger partial charge in [0.25, 0.3) is 0 Å². The average Bonchev–Trinajstić information content (AvgIpc) is 2.38. The smallest absolute Gasteiger partial charge is 0.416 e. The van der Waals surface area contributed by atoms with Crippen LogP contribution in [0.5, 0.6) is 0 Å². The van der Waals surface area contributed by atoms with Gasteiger partial charge in [-0.05, 0) is 24.6 Å². The number of aliphatic hydroxyl groups is 1. The maximum absolute atomic E-state index is 12.5. The minimum Gasteiger partial charge on any atom is -0.465 e. The summed E-state index contributed by atoms with van der Waals surface area (Å²) in [6, 6.07) is 4.44. The number of aliphatic hydroxyl groups excluding tert-OH is 1. The van der Waals surface area contributed by atoms with Crippen LogP contribution < -0.4 is 5.32 Å². The molecule has 0 aromatic heterocycles. The van der Waals surface area contributed by atoms with E-state index < -0.39 is 23.8 Å². The first-order valence-corrected chi connectivity index (χ1v) is 6.06. The SMILES string of the molecule is CCOC(=O)CNCC(O)c1cccc(C(F)(F)F)c1. The van der Waals surface area contributed by atoms with Crippen LogP contribution in [0.15, 0.2) is 24.3 Å². The van der Waals surface area contributed by atoms with E-state index in [0.717, 1.165) is 12.1 Å². The fourth-order valence-electron chi connectivity index (χ4n) is 1.56. The first kappa shape index (κ1) is 16.5.